The number of aromatic nitrogens is 2. The van der Waals surface area contributed by atoms with Gasteiger partial charge in [0.05, 0.1) is 11.2 Å². The Bertz CT molecular complexity index is 2960. The first-order valence-electron chi connectivity index (χ1n) is 18.4. The van der Waals surface area contributed by atoms with Crippen molar-refractivity contribution in [2.24, 2.45) is 0 Å². The maximum atomic E-state index is 5.19. The molecule has 1 aromatic heterocycles. The molecule has 0 N–H and O–H groups in total. The molecule has 0 spiro atoms. The van der Waals surface area contributed by atoms with Gasteiger partial charge in [-0.1, -0.05) is 182 Å². The van der Waals surface area contributed by atoms with Crippen molar-refractivity contribution in [2.45, 2.75) is 0 Å². The van der Waals surface area contributed by atoms with Gasteiger partial charge in [0.25, 0.3) is 0 Å². The van der Waals surface area contributed by atoms with E-state index < -0.39 is 0 Å². The Labute approximate surface area is 314 Å². The second-order valence-corrected chi connectivity index (χ2v) is 13.8. The van der Waals surface area contributed by atoms with Crippen LogP contribution >= 0.6 is 0 Å². The average molecular weight is 687 g/mol. The minimum absolute atomic E-state index is 0.731. The van der Waals surface area contributed by atoms with E-state index in [9.17, 15) is 0 Å². The van der Waals surface area contributed by atoms with Crippen molar-refractivity contribution in [3.05, 3.63) is 206 Å². The summed E-state index contributed by atoms with van der Waals surface area (Å²) in [4.78, 5) is 10.2. The summed E-state index contributed by atoms with van der Waals surface area (Å²) >= 11 is 0. The third-order valence-corrected chi connectivity index (χ3v) is 10.5. The van der Waals surface area contributed by atoms with E-state index in [0.717, 1.165) is 44.5 Å². The number of fused-ring (bicyclic) bond motifs is 4. The van der Waals surface area contributed by atoms with Gasteiger partial charge in [0.2, 0.25) is 0 Å². The second-order valence-electron chi connectivity index (χ2n) is 13.8. The first-order chi connectivity index (χ1) is 26.7. The molecule has 0 radical (unpaired) electrons. The molecule has 0 saturated carbocycles. The van der Waals surface area contributed by atoms with Crippen LogP contribution in [0.2, 0.25) is 0 Å². The van der Waals surface area contributed by atoms with Crippen LogP contribution in [-0.2, 0) is 0 Å². The molecule has 0 fully saturated rings. The molecular formula is C52H34N2. The van der Waals surface area contributed by atoms with Crippen LogP contribution in [0.15, 0.2) is 206 Å². The SMILES string of the molecule is c1ccc(-c2nc(-c3ccc(-c4ccc(-c5cccc(-c6cccc(-c7ccc8ccccc8c7)c6)c5)cc4)cc3)c3c(ccc4ccccc43)n2)cc1. The van der Waals surface area contributed by atoms with Gasteiger partial charge >= 0.3 is 0 Å². The first kappa shape index (κ1) is 31.6. The van der Waals surface area contributed by atoms with Gasteiger partial charge < -0.3 is 0 Å². The lowest BCUT2D eigenvalue weighted by molar-refractivity contribution is 1.23. The van der Waals surface area contributed by atoms with Gasteiger partial charge in [-0.15, -0.1) is 0 Å². The molecule has 2 heteroatoms. The zero-order chi connectivity index (χ0) is 35.8. The quantitative estimate of drug-likeness (QED) is 0.163. The number of hydrogen-bond acceptors (Lipinski definition) is 2. The van der Waals surface area contributed by atoms with Crippen LogP contribution in [0, 0.1) is 0 Å². The zero-order valence-corrected chi connectivity index (χ0v) is 29.5. The molecular weight excluding hydrogens is 653 g/mol. The topological polar surface area (TPSA) is 25.8 Å². The van der Waals surface area contributed by atoms with E-state index in [4.69, 9.17) is 9.97 Å². The molecule has 0 unspecified atom stereocenters. The molecule has 2 nitrogen and oxygen atoms in total. The second kappa shape index (κ2) is 13.4. The van der Waals surface area contributed by atoms with Crippen LogP contribution in [0.25, 0.3) is 99.6 Å². The van der Waals surface area contributed by atoms with Gasteiger partial charge in [-0.2, -0.15) is 0 Å². The Morgan fingerprint density at radius 3 is 1.39 bits per heavy atom. The van der Waals surface area contributed by atoms with Crippen molar-refractivity contribution >= 4 is 32.4 Å². The molecule has 54 heavy (non-hydrogen) atoms. The smallest absolute Gasteiger partial charge is 0.160 e. The summed E-state index contributed by atoms with van der Waals surface area (Å²) in [7, 11) is 0. The molecule has 0 aliphatic carbocycles. The lowest BCUT2D eigenvalue weighted by atomic mass is 9.94. The van der Waals surface area contributed by atoms with Gasteiger partial charge in [-0.25, -0.2) is 9.97 Å². The highest BCUT2D eigenvalue weighted by atomic mass is 14.9. The van der Waals surface area contributed by atoms with Crippen molar-refractivity contribution in [2.75, 3.05) is 0 Å². The van der Waals surface area contributed by atoms with Gasteiger partial charge in [0, 0.05) is 16.5 Å². The molecule has 0 aliphatic rings. The molecule has 0 amide bonds. The highest BCUT2D eigenvalue weighted by molar-refractivity contribution is 6.12. The van der Waals surface area contributed by atoms with E-state index >= 15 is 0 Å². The molecule has 0 aliphatic heterocycles. The summed E-state index contributed by atoms with van der Waals surface area (Å²) in [5, 5.41) is 5.93. The van der Waals surface area contributed by atoms with E-state index in [0.29, 0.717) is 0 Å². The molecule has 1 heterocycles. The normalized spacial score (nSPS) is 11.3. The van der Waals surface area contributed by atoms with Gasteiger partial charge in [0.1, 0.15) is 0 Å². The number of benzene rings is 9. The van der Waals surface area contributed by atoms with Crippen LogP contribution in [-0.4, -0.2) is 9.97 Å². The first-order valence-corrected chi connectivity index (χ1v) is 18.4. The fourth-order valence-corrected chi connectivity index (χ4v) is 7.63. The summed E-state index contributed by atoms with van der Waals surface area (Å²) in [6.45, 7) is 0. The van der Waals surface area contributed by atoms with E-state index in [1.54, 1.807) is 0 Å². The Kier molecular flexibility index (Phi) is 7.85. The maximum Gasteiger partial charge on any atom is 0.160 e. The highest BCUT2D eigenvalue weighted by Crippen LogP contribution is 2.36. The Hall–Kier alpha value is -7.16. The Morgan fingerprint density at radius 2 is 0.722 bits per heavy atom. The summed E-state index contributed by atoms with van der Waals surface area (Å²) < 4.78 is 0. The third kappa shape index (κ3) is 5.90. The van der Waals surface area contributed by atoms with Crippen molar-refractivity contribution in [1.82, 2.24) is 9.97 Å². The maximum absolute atomic E-state index is 5.19. The summed E-state index contributed by atoms with van der Waals surface area (Å²) in [6.07, 6.45) is 0. The lowest BCUT2D eigenvalue weighted by Crippen LogP contribution is -1.96. The van der Waals surface area contributed by atoms with Gasteiger partial charge in [0.15, 0.2) is 5.82 Å². The van der Waals surface area contributed by atoms with E-state index in [2.05, 4.69) is 188 Å². The van der Waals surface area contributed by atoms with Crippen LogP contribution < -0.4 is 0 Å². The van der Waals surface area contributed by atoms with E-state index in [1.807, 2.05) is 18.2 Å². The molecule has 0 atom stereocenters. The lowest BCUT2D eigenvalue weighted by Gasteiger charge is -2.13. The summed E-state index contributed by atoms with van der Waals surface area (Å²) in [5.74, 6) is 0.731. The molecule has 10 aromatic rings. The highest BCUT2D eigenvalue weighted by Gasteiger charge is 2.15. The largest absolute Gasteiger partial charge is 0.228 e. The molecule has 0 saturated heterocycles. The number of nitrogens with zero attached hydrogens (tertiary/aromatic N) is 2. The monoisotopic (exact) mass is 686 g/mol. The molecule has 252 valence electrons. The fraction of sp³-hybridized carbons (Fsp3) is 0. The van der Waals surface area contributed by atoms with E-state index in [-0.39, 0.29) is 0 Å². The van der Waals surface area contributed by atoms with Crippen molar-refractivity contribution in [3.63, 3.8) is 0 Å². The summed E-state index contributed by atoms with van der Waals surface area (Å²) in [6, 6.07) is 73.6. The molecule has 9 aromatic carbocycles. The van der Waals surface area contributed by atoms with Gasteiger partial charge in [-0.3, -0.25) is 0 Å². The predicted octanol–water partition coefficient (Wildman–Crippen LogP) is 13.9. The number of hydrogen-bond donors (Lipinski definition) is 0. The van der Waals surface area contributed by atoms with Crippen molar-refractivity contribution < 1.29 is 0 Å². The van der Waals surface area contributed by atoms with Crippen LogP contribution in [0.4, 0.5) is 0 Å². The van der Waals surface area contributed by atoms with Gasteiger partial charge in [-0.05, 0) is 90.3 Å². The molecule has 0 bridgehead atoms. The Balaban J connectivity index is 0.948. The number of rotatable bonds is 6. The van der Waals surface area contributed by atoms with Crippen LogP contribution in [0.5, 0.6) is 0 Å². The zero-order valence-electron chi connectivity index (χ0n) is 29.5. The molecule has 10 rings (SSSR count). The van der Waals surface area contributed by atoms with Crippen LogP contribution in [0.1, 0.15) is 0 Å². The van der Waals surface area contributed by atoms with Crippen molar-refractivity contribution in [3.8, 4) is 67.2 Å². The predicted molar refractivity (Wildman–Crippen MR) is 227 cm³/mol. The minimum Gasteiger partial charge on any atom is -0.228 e. The Morgan fingerprint density at radius 1 is 0.259 bits per heavy atom. The van der Waals surface area contributed by atoms with Crippen molar-refractivity contribution in [1.29, 1.82) is 0 Å². The summed E-state index contributed by atoms with van der Waals surface area (Å²) in [5.41, 5.74) is 13.5. The minimum atomic E-state index is 0.731. The average Bonchev–Trinajstić information content (AvgIpc) is 3.26. The van der Waals surface area contributed by atoms with Crippen LogP contribution in [0.3, 0.4) is 0 Å². The third-order valence-electron chi connectivity index (χ3n) is 10.5. The fourth-order valence-electron chi connectivity index (χ4n) is 7.63. The standard InChI is InChI=1S/C52H34N2/c1-2-12-41(13-3-1)52-53-49-31-30-39-11-6-7-19-48(39)50(49)51(54-52)40-27-24-37(25-28-40)36-20-22-38(23-21-36)43-15-8-16-44(32-43)45-17-9-18-46(34-45)47-29-26-35-10-4-5-14-42(35)33-47/h1-34H. The van der Waals surface area contributed by atoms with E-state index in [1.165, 1.54) is 55.1 Å².